The van der Waals surface area contributed by atoms with Gasteiger partial charge in [0, 0.05) is 0 Å². The van der Waals surface area contributed by atoms with Crippen LogP contribution in [0.5, 0.6) is 0 Å². The zero-order valence-corrected chi connectivity index (χ0v) is 11.3. The molecule has 0 aromatic carbocycles. The molecule has 0 rings (SSSR count). The van der Waals surface area contributed by atoms with Crippen molar-refractivity contribution in [2.45, 2.75) is 19.8 Å². The molecule has 16 heavy (non-hydrogen) atoms. The smallest absolute Gasteiger partial charge is 0.373 e. The topological polar surface area (TPSA) is 86.3 Å². The lowest BCUT2D eigenvalue weighted by atomic mass is 10.3. The minimum Gasteiger partial charge on any atom is -1.00 e. The van der Waals surface area contributed by atoms with Gasteiger partial charge in [0.2, 0.25) is 0 Å². The SMILES string of the molecule is CC=C(O)C(=O)OCCCCN(C)C.[Cl-].[NH4+]. The summed E-state index contributed by atoms with van der Waals surface area (Å²) in [5.74, 6) is -0.963. The van der Waals surface area contributed by atoms with Crippen molar-refractivity contribution in [1.29, 1.82) is 0 Å². The molecule has 0 aromatic rings. The van der Waals surface area contributed by atoms with E-state index in [-0.39, 0.29) is 24.3 Å². The number of esters is 1. The highest BCUT2D eigenvalue weighted by Crippen LogP contribution is 1.96. The van der Waals surface area contributed by atoms with E-state index in [1.807, 2.05) is 14.1 Å². The fourth-order valence-electron chi connectivity index (χ4n) is 0.887. The molecule has 0 heterocycles. The molecule has 6 heteroatoms. The lowest BCUT2D eigenvalue weighted by molar-refractivity contribution is -0.142. The third-order valence-electron chi connectivity index (χ3n) is 1.72. The van der Waals surface area contributed by atoms with Gasteiger partial charge in [-0.2, -0.15) is 0 Å². The average Bonchev–Trinajstić information content (AvgIpc) is 2.15. The number of ether oxygens (including phenoxy) is 1. The molecule has 0 radical (unpaired) electrons. The van der Waals surface area contributed by atoms with E-state index in [4.69, 9.17) is 9.84 Å². The fraction of sp³-hybridized carbons (Fsp3) is 0.700. The van der Waals surface area contributed by atoms with E-state index in [2.05, 4.69) is 4.90 Å². The number of aliphatic hydroxyl groups is 1. The van der Waals surface area contributed by atoms with Crippen molar-refractivity contribution in [1.82, 2.24) is 11.1 Å². The van der Waals surface area contributed by atoms with Crippen LogP contribution in [0.1, 0.15) is 19.8 Å². The number of halogens is 1. The van der Waals surface area contributed by atoms with E-state index < -0.39 is 5.97 Å². The van der Waals surface area contributed by atoms with Crippen molar-refractivity contribution >= 4 is 5.97 Å². The van der Waals surface area contributed by atoms with Gasteiger partial charge in [0.15, 0.2) is 5.76 Å². The molecule has 0 bridgehead atoms. The molecule has 0 spiro atoms. The maximum Gasteiger partial charge on any atom is 0.373 e. The number of unbranched alkanes of at least 4 members (excludes halogenated alkanes) is 1. The first-order chi connectivity index (χ1) is 6.57. The molecular formula is C10H23ClN2O3. The molecule has 0 fully saturated rings. The molecule has 0 aliphatic rings. The number of rotatable bonds is 6. The van der Waals surface area contributed by atoms with Gasteiger partial charge in [0.25, 0.3) is 0 Å². The molecule has 0 aliphatic heterocycles. The summed E-state index contributed by atoms with van der Waals surface area (Å²) in [6.07, 6.45) is 3.12. The summed E-state index contributed by atoms with van der Waals surface area (Å²) in [6, 6.07) is 0. The van der Waals surface area contributed by atoms with Gasteiger partial charge in [-0.25, -0.2) is 4.79 Å². The van der Waals surface area contributed by atoms with E-state index >= 15 is 0 Å². The van der Waals surface area contributed by atoms with Crippen LogP contribution in [-0.4, -0.2) is 43.2 Å². The summed E-state index contributed by atoms with van der Waals surface area (Å²) in [6.45, 7) is 2.93. The van der Waals surface area contributed by atoms with Crippen molar-refractivity contribution in [3.05, 3.63) is 11.8 Å². The maximum atomic E-state index is 10.9. The number of hydrogen-bond donors (Lipinski definition) is 2. The lowest BCUT2D eigenvalue weighted by Gasteiger charge is -2.08. The van der Waals surface area contributed by atoms with Gasteiger partial charge in [-0.15, -0.1) is 0 Å². The standard InChI is InChI=1S/C10H19NO3.ClH.H3N/c1-4-9(12)10(13)14-8-6-5-7-11(2)3;;/h4,12H,5-8H2,1-3H3;1H;1H3. The van der Waals surface area contributed by atoms with Crippen molar-refractivity contribution in [2.24, 2.45) is 0 Å². The summed E-state index contributed by atoms with van der Waals surface area (Å²) in [5, 5.41) is 8.95. The summed E-state index contributed by atoms with van der Waals surface area (Å²) in [4.78, 5) is 13.0. The molecule has 0 saturated heterocycles. The molecular weight excluding hydrogens is 232 g/mol. The van der Waals surface area contributed by atoms with Gasteiger partial charge in [-0.1, -0.05) is 0 Å². The minimum absolute atomic E-state index is 0. The van der Waals surface area contributed by atoms with Crippen LogP contribution in [0.4, 0.5) is 0 Å². The van der Waals surface area contributed by atoms with Gasteiger partial charge >= 0.3 is 5.97 Å². The Morgan fingerprint density at radius 3 is 2.38 bits per heavy atom. The first-order valence-corrected chi connectivity index (χ1v) is 4.75. The van der Waals surface area contributed by atoms with Crippen LogP contribution in [0, 0.1) is 0 Å². The predicted molar refractivity (Wildman–Crippen MR) is 61.1 cm³/mol. The predicted octanol–water partition coefficient (Wildman–Crippen LogP) is -1.29. The van der Waals surface area contributed by atoms with Crippen LogP contribution in [-0.2, 0) is 9.53 Å². The first kappa shape index (κ1) is 20.6. The Kier molecular flexibility index (Phi) is 15.8. The Hall–Kier alpha value is -0.780. The zero-order chi connectivity index (χ0) is 11.0. The molecule has 0 aromatic heterocycles. The fourth-order valence-corrected chi connectivity index (χ4v) is 0.887. The Balaban J connectivity index is -0.000000845. The van der Waals surface area contributed by atoms with Crippen molar-refractivity contribution in [3.8, 4) is 0 Å². The monoisotopic (exact) mass is 254 g/mol. The van der Waals surface area contributed by atoms with E-state index in [1.54, 1.807) is 6.92 Å². The van der Waals surface area contributed by atoms with E-state index in [9.17, 15) is 4.79 Å². The van der Waals surface area contributed by atoms with Gasteiger partial charge in [0.05, 0.1) is 6.61 Å². The number of carbonyl (C=O) groups is 1. The summed E-state index contributed by atoms with van der Waals surface area (Å²) in [5.41, 5.74) is 0. The lowest BCUT2D eigenvalue weighted by Crippen LogP contribution is -3.00. The average molecular weight is 255 g/mol. The number of quaternary nitrogens is 1. The quantitative estimate of drug-likeness (QED) is 0.267. The third-order valence-corrected chi connectivity index (χ3v) is 1.72. The molecule has 98 valence electrons. The Morgan fingerprint density at radius 2 is 1.94 bits per heavy atom. The van der Waals surface area contributed by atoms with E-state index in [0.29, 0.717) is 6.61 Å². The highest BCUT2D eigenvalue weighted by atomic mass is 35.5. The van der Waals surface area contributed by atoms with Crippen LogP contribution in [0.15, 0.2) is 11.8 Å². The van der Waals surface area contributed by atoms with E-state index in [0.717, 1.165) is 19.4 Å². The number of carbonyl (C=O) groups excluding carboxylic acids is 1. The molecule has 0 amide bonds. The molecule has 0 saturated carbocycles. The highest BCUT2D eigenvalue weighted by Gasteiger charge is 2.06. The Morgan fingerprint density at radius 1 is 1.38 bits per heavy atom. The van der Waals surface area contributed by atoms with Crippen molar-refractivity contribution in [2.75, 3.05) is 27.2 Å². The minimum atomic E-state index is -0.641. The van der Waals surface area contributed by atoms with Gasteiger partial charge in [0.1, 0.15) is 0 Å². The second-order valence-corrected chi connectivity index (χ2v) is 3.32. The molecule has 5 N–H and O–H groups in total. The largest absolute Gasteiger partial charge is 1.00 e. The van der Waals surface area contributed by atoms with Crippen LogP contribution in [0.3, 0.4) is 0 Å². The van der Waals surface area contributed by atoms with Gasteiger partial charge < -0.3 is 33.3 Å². The van der Waals surface area contributed by atoms with Crippen molar-refractivity contribution < 1.29 is 27.0 Å². The second-order valence-electron chi connectivity index (χ2n) is 3.32. The van der Waals surface area contributed by atoms with Gasteiger partial charge in [-0.3, -0.25) is 0 Å². The maximum absolute atomic E-state index is 10.9. The normalized spacial score (nSPS) is 10.4. The highest BCUT2D eigenvalue weighted by molar-refractivity contribution is 5.85. The number of nitrogens with zero attached hydrogens (tertiary/aromatic N) is 1. The van der Waals surface area contributed by atoms with Crippen LogP contribution >= 0.6 is 0 Å². The number of aliphatic hydroxyl groups excluding tert-OH is 1. The number of hydrogen-bond acceptors (Lipinski definition) is 4. The van der Waals surface area contributed by atoms with E-state index in [1.165, 1.54) is 6.08 Å². The summed E-state index contributed by atoms with van der Waals surface area (Å²) in [7, 11) is 4.00. The van der Waals surface area contributed by atoms with Crippen LogP contribution < -0.4 is 18.6 Å². The van der Waals surface area contributed by atoms with Crippen molar-refractivity contribution in [3.63, 3.8) is 0 Å². The molecule has 0 unspecified atom stereocenters. The molecule has 0 atom stereocenters. The van der Waals surface area contributed by atoms with Crippen LogP contribution in [0.2, 0.25) is 0 Å². The molecule has 5 nitrogen and oxygen atoms in total. The summed E-state index contributed by atoms with van der Waals surface area (Å²) < 4.78 is 4.80. The summed E-state index contributed by atoms with van der Waals surface area (Å²) >= 11 is 0. The second kappa shape index (κ2) is 12.3. The third kappa shape index (κ3) is 11.3. The Labute approximate surface area is 103 Å². The Bertz CT molecular complexity index is 208. The van der Waals surface area contributed by atoms with Crippen LogP contribution in [0.25, 0.3) is 0 Å². The molecule has 0 aliphatic carbocycles. The number of allylic oxidation sites excluding steroid dienone is 1. The zero-order valence-electron chi connectivity index (χ0n) is 10.5. The van der Waals surface area contributed by atoms with Gasteiger partial charge in [-0.05, 0) is 46.5 Å². The first-order valence-electron chi connectivity index (χ1n) is 4.75.